The van der Waals surface area contributed by atoms with E-state index in [0.29, 0.717) is 24.7 Å². The van der Waals surface area contributed by atoms with E-state index in [1.54, 1.807) is 10.7 Å². The van der Waals surface area contributed by atoms with E-state index in [2.05, 4.69) is 33.4 Å². The molecule has 40 heavy (non-hydrogen) atoms. The lowest BCUT2D eigenvalue weighted by Crippen LogP contribution is -2.66. The number of ether oxygens (including phenoxy) is 3. The molecule has 13 heteroatoms. The van der Waals surface area contributed by atoms with Gasteiger partial charge in [0.1, 0.15) is 36.7 Å². The Balaban J connectivity index is 1.12. The maximum Gasteiger partial charge on any atom is 0.223 e. The summed E-state index contributed by atoms with van der Waals surface area (Å²) in [6.45, 7) is 1.29. The number of anilines is 1. The molecule has 0 amide bonds. The lowest BCUT2D eigenvalue weighted by Gasteiger charge is -2.57. The molecule has 2 saturated heterocycles. The van der Waals surface area contributed by atoms with Gasteiger partial charge < -0.3 is 50.0 Å². The molecule has 1 aromatic heterocycles. The van der Waals surface area contributed by atoms with Crippen molar-refractivity contribution in [3.8, 4) is 11.5 Å². The summed E-state index contributed by atoms with van der Waals surface area (Å²) >= 11 is 0. The summed E-state index contributed by atoms with van der Waals surface area (Å²) < 4.78 is 20.5. The molecule has 13 nitrogen and oxygen atoms in total. The van der Waals surface area contributed by atoms with Crippen LogP contribution in [0.3, 0.4) is 0 Å². The molecule has 2 fully saturated rings. The van der Waals surface area contributed by atoms with E-state index in [-0.39, 0.29) is 23.5 Å². The SMILES string of the molecule is CN1CC[C@]23c4c5ccc(O)c4O[C@H]2C(O[C@@H]2OC(c4nc6n(n4)CCC(O)N6)[C@@H](O)[C@H](O)C2O)C=CC3[C@H]1C5. The minimum absolute atomic E-state index is 0.0958. The second kappa shape index (κ2) is 8.61. The van der Waals surface area contributed by atoms with Crippen LogP contribution in [-0.4, -0.2) is 108 Å². The zero-order chi connectivity index (χ0) is 27.5. The first-order valence-electron chi connectivity index (χ1n) is 13.9. The van der Waals surface area contributed by atoms with Gasteiger partial charge in [-0.1, -0.05) is 18.2 Å². The Morgan fingerprint density at radius 1 is 1.10 bits per heavy atom. The van der Waals surface area contributed by atoms with Gasteiger partial charge >= 0.3 is 0 Å². The second-order valence-corrected chi connectivity index (χ2v) is 11.9. The van der Waals surface area contributed by atoms with Gasteiger partial charge in [-0.2, -0.15) is 10.1 Å². The minimum atomic E-state index is -1.58. The van der Waals surface area contributed by atoms with E-state index in [4.69, 9.17) is 14.2 Å². The summed E-state index contributed by atoms with van der Waals surface area (Å²) in [6.07, 6.45) is -2.86. The van der Waals surface area contributed by atoms with E-state index < -0.39 is 54.6 Å². The Labute approximate surface area is 229 Å². The molecular formula is C27H33N5O8. The van der Waals surface area contributed by atoms with Crippen molar-refractivity contribution in [3.05, 3.63) is 41.2 Å². The van der Waals surface area contributed by atoms with Crippen LogP contribution in [-0.2, 0) is 27.9 Å². The topological polar surface area (TPSA) is 175 Å². The molecule has 0 radical (unpaired) electrons. The van der Waals surface area contributed by atoms with Crippen molar-refractivity contribution in [2.24, 2.45) is 5.92 Å². The van der Waals surface area contributed by atoms with Crippen molar-refractivity contribution in [1.82, 2.24) is 19.7 Å². The van der Waals surface area contributed by atoms with Gasteiger partial charge in [0.15, 0.2) is 29.7 Å². The van der Waals surface area contributed by atoms with Crippen molar-refractivity contribution in [3.63, 3.8) is 0 Å². The quantitative estimate of drug-likeness (QED) is 0.259. The van der Waals surface area contributed by atoms with Crippen LogP contribution in [0.1, 0.15) is 35.9 Å². The van der Waals surface area contributed by atoms with Gasteiger partial charge in [0.25, 0.3) is 0 Å². The average molecular weight is 556 g/mol. The number of fused-ring (bicyclic) bond motifs is 1. The lowest BCUT2D eigenvalue weighted by molar-refractivity contribution is -0.314. The molecule has 5 heterocycles. The van der Waals surface area contributed by atoms with Crippen molar-refractivity contribution in [2.75, 3.05) is 18.9 Å². The van der Waals surface area contributed by atoms with Crippen molar-refractivity contribution in [2.45, 2.75) is 86.4 Å². The number of rotatable bonds is 3. The molecule has 11 atom stereocenters. The van der Waals surface area contributed by atoms with Crippen LogP contribution in [0, 0.1) is 5.92 Å². The molecule has 5 unspecified atom stereocenters. The third-order valence-electron chi connectivity index (χ3n) is 9.84. The first-order valence-corrected chi connectivity index (χ1v) is 13.9. The summed E-state index contributed by atoms with van der Waals surface area (Å²) in [6, 6.07) is 3.95. The fraction of sp³-hybridized carbons (Fsp3) is 0.630. The van der Waals surface area contributed by atoms with Crippen LogP contribution in [0.4, 0.5) is 5.95 Å². The minimum Gasteiger partial charge on any atom is -0.504 e. The number of nitrogens with one attached hydrogen (secondary N) is 1. The van der Waals surface area contributed by atoms with Crippen molar-refractivity contribution >= 4 is 5.95 Å². The Hall–Kier alpha value is -2.78. The Morgan fingerprint density at radius 3 is 2.80 bits per heavy atom. The Bertz CT molecular complexity index is 1380. The predicted octanol–water partition coefficient (Wildman–Crippen LogP) is -0.872. The number of piperidine rings is 1. The normalized spacial score (nSPS) is 43.0. The van der Waals surface area contributed by atoms with Gasteiger partial charge in [-0.3, -0.25) is 0 Å². The molecule has 4 aliphatic heterocycles. The summed E-state index contributed by atoms with van der Waals surface area (Å²) in [5.74, 6) is 1.18. The number of aromatic nitrogens is 3. The summed E-state index contributed by atoms with van der Waals surface area (Å²) in [7, 11) is 2.14. The lowest BCUT2D eigenvalue weighted by atomic mass is 9.53. The van der Waals surface area contributed by atoms with Crippen LogP contribution >= 0.6 is 0 Å². The number of hydrogen-bond donors (Lipinski definition) is 6. The highest BCUT2D eigenvalue weighted by Crippen LogP contribution is 2.62. The molecule has 6 N–H and O–H groups in total. The molecule has 2 aromatic rings. The van der Waals surface area contributed by atoms with Crippen molar-refractivity contribution < 1.29 is 39.7 Å². The number of aliphatic hydroxyl groups is 4. The number of benzene rings is 1. The Kier molecular flexibility index (Phi) is 5.38. The number of aryl methyl sites for hydroxylation is 1. The van der Waals surface area contributed by atoms with E-state index in [1.165, 1.54) is 5.56 Å². The highest BCUT2D eigenvalue weighted by Gasteiger charge is 2.65. The number of phenols is 1. The number of nitrogens with zero attached hydrogens (tertiary/aromatic N) is 4. The van der Waals surface area contributed by atoms with Crippen LogP contribution in [0.15, 0.2) is 24.3 Å². The standard InChI is InChI=1S/C27H33N5O8/c1-31-9-7-27-12-3-5-15(23(27)39-21-14(33)4-2-11(17(21)27)10-13(12)31)38-25-20(37)18(35)19(36)22(40-25)24-29-26-28-16(34)6-8-32(26)30-24/h2-5,12-13,15-16,18-20,22-23,25,33-37H,6-10H2,1H3,(H,28,29,30)/t12?,13-,15?,16?,18+,19+,20?,22?,23+,25-,27+/m1/s1. The molecule has 2 aliphatic carbocycles. The van der Waals surface area contributed by atoms with Crippen molar-refractivity contribution in [1.29, 1.82) is 0 Å². The summed E-state index contributed by atoms with van der Waals surface area (Å²) in [4.78, 5) is 6.74. The van der Waals surface area contributed by atoms with Gasteiger partial charge in [0, 0.05) is 35.9 Å². The maximum absolute atomic E-state index is 10.9. The Morgan fingerprint density at radius 2 is 1.95 bits per heavy atom. The summed E-state index contributed by atoms with van der Waals surface area (Å²) in [5, 5.41) is 60.4. The molecule has 8 rings (SSSR count). The summed E-state index contributed by atoms with van der Waals surface area (Å²) in [5.41, 5.74) is 1.80. The molecule has 214 valence electrons. The van der Waals surface area contributed by atoms with E-state index in [9.17, 15) is 25.5 Å². The van der Waals surface area contributed by atoms with Gasteiger partial charge in [-0.25, -0.2) is 4.68 Å². The van der Waals surface area contributed by atoms with Gasteiger partial charge in [-0.15, -0.1) is 0 Å². The number of hydrogen-bond acceptors (Lipinski definition) is 12. The second-order valence-electron chi connectivity index (χ2n) is 11.9. The number of aliphatic hydroxyl groups excluding tert-OH is 4. The van der Waals surface area contributed by atoms with Crippen LogP contribution in [0.2, 0.25) is 0 Å². The maximum atomic E-state index is 10.9. The molecular weight excluding hydrogens is 522 g/mol. The third-order valence-corrected chi connectivity index (χ3v) is 9.84. The van der Waals surface area contributed by atoms with E-state index >= 15 is 0 Å². The van der Waals surface area contributed by atoms with Crippen LogP contribution in [0.5, 0.6) is 11.5 Å². The zero-order valence-electron chi connectivity index (χ0n) is 21.9. The fourth-order valence-electron chi connectivity index (χ4n) is 7.87. The van der Waals surface area contributed by atoms with Crippen LogP contribution in [0.25, 0.3) is 0 Å². The largest absolute Gasteiger partial charge is 0.504 e. The number of likely N-dealkylation sites (N-methyl/N-ethyl adjacent to an activating group) is 1. The first kappa shape index (κ1) is 25.0. The highest BCUT2D eigenvalue weighted by atomic mass is 16.7. The smallest absolute Gasteiger partial charge is 0.223 e. The molecule has 1 spiro atoms. The van der Waals surface area contributed by atoms with E-state index in [0.717, 1.165) is 24.9 Å². The predicted molar refractivity (Wildman–Crippen MR) is 136 cm³/mol. The number of likely N-dealkylation sites (tertiary alicyclic amines) is 1. The average Bonchev–Trinajstić information content (AvgIpc) is 3.52. The third kappa shape index (κ3) is 3.27. The molecule has 1 aromatic carbocycles. The van der Waals surface area contributed by atoms with Crippen LogP contribution < -0.4 is 10.1 Å². The number of phenolic OH excluding ortho intramolecular Hbond substituents is 1. The molecule has 2 bridgehead atoms. The molecule has 0 saturated carbocycles. The molecule has 6 aliphatic rings. The van der Waals surface area contributed by atoms with Gasteiger partial charge in [0.2, 0.25) is 5.95 Å². The van der Waals surface area contributed by atoms with E-state index in [1.807, 2.05) is 12.1 Å². The number of aromatic hydroxyl groups is 1. The monoisotopic (exact) mass is 555 g/mol. The van der Waals surface area contributed by atoms with Gasteiger partial charge in [-0.05, 0) is 38.1 Å². The highest BCUT2D eigenvalue weighted by molar-refractivity contribution is 5.61. The van der Waals surface area contributed by atoms with Gasteiger partial charge in [0.05, 0.1) is 0 Å². The first-order chi connectivity index (χ1) is 19.3. The fourth-order valence-corrected chi connectivity index (χ4v) is 7.87. The zero-order valence-corrected chi connectivity index (χ0v) is 21.9.